The van der Waals surface area contributed by atoms with Crippen LogP contribution in [0, 0.1) is 5.92 Å². The summed E-state index contributed by atoms with van der Waals surface area (Å²) in [7, 11) is -1.92. The van der Waals surface area contributed by atoms with Crippen LogP contribution in [0.1, 0.15) is 19.3 Å². The fourth-order valence-corrected chi connectivity index (χ4v) is 4.59. The van der Waals surface area contributed by atoms with Crippen molar-refractivity contribution >= 4 is 10.0 Å². The van der Waals surface area contributed by atoms with E-state index in [1.807, 2.05) is 16.9 Å². The molecule has 1 saturated heterocycles. The molecule has 0 amide bonds. The first-order chi connectivity index (χ1) is 13.1. The van der Waals surface area contributed by atoms with Gasteiger partial charge in [0.15, 0.2) is 0 Å². The third-order valence-corrected chi connectivity index (χ3v) is 6.40. The molecule has 148 valence electrons. The lowest BCUT2D eigenvalue weighted by atomic mass is 9.98. The monoisotopic (exact) mass is 392 g/mol. The standard InChI is InChI=1S/C19H28N4O3S/c1-26-18-6-8-19(9-7-18)27(24,25)21-15-17-5-2-11-22(16-17)12-4-14-23-13-3-10-20-23/h3,6-10,13,17,21H,2,4-5,11-12,14-16H2,1H3. The number of hydrogen-bond donors (Lipinski definition) is 1. The molecule has 2 aromatic rings. The Labute approximate surface area is 161 Å². The van der Waals surface area contributed by atoms with Crippen molar-refractivity contribution in [1.82, 2.24) is 19.4 Å². The summed E-state index contributed by atoms with van der Waals surface area (Å²) in [6, 6.07) is 8.41. The van der Waals surface area contributed by atoms with Gasteiger partial charge in [-0.15, -0.1) is 0 Å². The largest absolute Gasteiger partial charge is 0.497 e. The van der Waals surface area contributed by atoms with Crippen LogP contribution in [0.2, 0.25) is 0 Å². The van der Waals surface area contributed by atoms with Crippen molar-refractivity contribution in [2.75, 3.05) is 33.3 Å². The van der Waals surface area contributed by atoms with Gasteiger partial charge in [0.1, 0.15) is 5.75 Å². The maximum atomic E-state index is 12.5. The topological polar surface area (TPSA) is 76.5 Å². The average Bonchev–Trinajstić information content (AvgIpc) is 3.20. The molecule has 0 bridgehead atoms. The Kier molecular flexibility index (Phi) is 6.87. The third-order valence-electron chi connectivity index (χ3n) is 4.96. The normalized spacial score (nSPS) is 18.5. The second kappa shape index (κ2) is 9.34. The number of ether oxygens (including phenoxy) is 1. The quantitative estimate of drug-likeness (QED) is 0.706. The summed E-state index contributed by atoms with van der Waals surface area (Å²) in [5, 5.41) is 4.22. The molecular weight excluding hydrogens is 364 g/mol. The van der Waals surface area contributed by atoms with E-state index in [2.05, 4.69) is 14.7 Å². The number of aromatic nitrogens is 2. The molecule has 1 unspecified atom stereocenters. The molecule has 0 radical (unpaired) electrons. The molecule has 7 nitrogen and oxygen atoms in total. The van der Waals surface area contributed by atoms with Crippen molar-refractivity contribution in [3.63, 3.8) is 0 Å². The number of rotatable bonds is 9. The number of aryl methyl sites for hydroxylation is 1. The van der Waals surface area contributed by atoms with Gasteiger partial charge in [-0.2, -0.15) is 5.10 Å². The van der Waals surface area contributed by atoms with Gasteiger partial charge in [0.05, 0.1) is 12.0 Å². The fourth-order valence-electron chi connectivity index (χ4n) is 3.48. The van der Waals surface area contributed by atoms with Crippen molar-refractivity contribution in [3.05, 3.63) is 42.7 Å². The van der Waals surface area contributed by atoms with E-state index in [9.17, 15) is 8.42 Å². The van der Waals surface area contributed by atoms with Crippen molar-refractivity contribution in [2.45, 2.75) is 30.7 Å². The van der Waals surface area contributed by atoms with Crippen LogP contribution in [0.3, 0.4) is 0 Å². The van der Waals surface area contributed by atoms with E-state index in [1.165, 1.54) is 0 Å². The van der Waals surface area contributed by atoms with E-state index < -0.39 is 10.0 Å². The fraction of sp³-hybridized carbons (Fsp3) is 0.526. The number of sulfonamides is 1. The Hall–Kier alpha value is -1.90. The Bertz CT molecular complexity index is 791. The van der Waals surface area contributed by atoms with Gasteiger partial charge in [-0.3, -0.25) is 4.68 Å². The maximum absolute atomic E-state index is 12.5. The lowest BCUT2D eigenvalue weighted by Gasteiger charge is -2.32. The molecule has 1 atom stereocenters. The summed E-state index contributed by atoms with van der Waals surface area (Å²) in [5.41, 5.74) is 0. The van der Waals surface area contributed by atoms with Gasteiger partial charge in [0.25, 0.3) is 0 Å². The minimum atomic E-state index is -3.48. The van der Waals surface area contributed by atoms with Crippen LogP contribution in [0.15, 0.2) is 47.6 Å². The number of methoxy groups -OCH3 is 1. The van der Waals surface area contributed by atoms with Gasteiger partial charge in [0, 0.05) is 32.0 Å². The Morgan fingerprint density at radius 3 is 2.78 bits per heavy atom. The number of nitrogens with one attached hydrogen (secondary N) is 1. The second-order valence-corrected chi connectivity index (χ2v) is 8.73. The molecule has 0 saturated carbocycles. The molecule has 1 aromatic heterocycles. The van der Waals surface area contributed by atoms with Crippen LogP contribution >= 0.6 is 0 Å². The summed E-state index contributed by atoms with van der Waals surface area (Å²) < 4.78 is 34.8. The van der Waals surface area contributed by atoms with Crippen LogP contribution in [0.5, 0.6) is 5.75 Å². The number of hydrogen-bond acceptors (Lipinski definition) is 5. The number of likely N-dealkylation sites (tertiary alicyclic amines) is 1. The summed E-state index contributed by atoms with van der Waals surface area (Å²) in [5.74, 6) is 0.989. The van der Waals surface area contributed by atoms with Gasteiger partial charge in [-0.1, -0.05) is 0 Å². The van der Waals surface area contributed by atoms with Crippen molar-refractivity contribution < 1.29 is 13.2 Å². The Morgan fingerprint density at radius 2 is 2.07 bits per heavy atom. The predicted octanol–water partition coefficient (Wildman–Crippen LogP) is 1.97. The molecular formula is C19H28N4O3S. The zero-order valence-electron chi connectivity index (χ0n) is 15.8. The van der Waals surface area contributed by atoms with E-state index in [0.29, 0.717) is 18.2 Å². The van der Waals surface area contributed by atoms with Crippen LogP contribution in [0.25, 0.3) is 0 Å². The SMILES string of the molecule is COc1ccc(S(=O)(=O)NCC2CCCN(CCCn3cccn3)C2)cc1. The second-order valence-electron chi connectivity index (χ2n) is 6.96. The summed E-state index contributed by atoms with van der Waals surface area (Å²) in [6.45, 7) is 4.43. The van der Waals surface area contributed by atoms with Crippen molar-refractivity contribution in [2.24, 2.45) is 5.92 Å². The first-order valence-corrected chi connectivity index (χ1v) is 10.9. The molecule has 8 heteroatoms. The zero-order valence-corrected chi connectivity index (χ0v) is 16.6. The zero-order chi connectivity index (χ0) is 19.1. The van der Waals surface area contributed by atoms with E-state index in [0.717, 1.165) is 45.4 Å². The highest BCUT2D eigenvalue weighted by atomic mass is 32.2. The lowest BCUT2D eigenvalue weighted by Crippen LogP contribution is -2.41. The van der Waals surface area contributed by atoms with E-state index in [-0.39, 0.29) is 4.90 Å². The van der Waals surface area contributed by atoms with Crippen molar-refractivity contribution in [1.29, 1.82) is 0 Å². The third kappa shape index (κ3) is 5.79. The molecule has 1 N–H and O–H groups in total. The summed E-state index contributed by atoms with van der Waals surface area (Å²) in [6.07, 6.45) is 6.99. The number of benzene rings is 1. The number of nitrogens with zero attached hydrogens (tertiary/aromatic N) is 3. The average molecular weight is 393 g/mol. The molecule has 3 rings (SSSR count). The number of piperidine rings is 1. The molecule has 27 heavy (non-hydrogen) atoms. The molecule has 1 aliphatic heterocycles. The van der Waals surface area contributed by atoms with E-state index in [1.54, 1.807) is 37.6 Å². The smallest absolute Gasteiger partial charge is 0.240 e. The van der Waals surface area contributed by atoms with Gasteiger partial charge < -0.3 is 9.64 Å². The Balaban J connectivity index is 1.45. The highest BCUT2D eigenvalue weighted by Crippen LogP contribution is 2.18. The van der Waals surface area contributed by atoms with Crippen molar-refractivity contribution in [3.8, 4) is 5.75 Å². The minimum absolute atomic E-state index is 0.273. The highest BCUT2D eigenvalue weighted by Gasteiger charge is 2.22. The van der Waals surface area contributed by atoms with Crippen LogP contribution in [0.4, 0.5) is 0 Å². The summed E-state index contributed by atoms with van der Waals surface area (Å²) in [4.78, 5) is 2.70. The van der Waals surface area contributed by atoms with Gasteiger partial charge in [-0.25, -0.2) is 13.1 Å². The molecule has 1 aromatic carbocycles. The van der Waals surface area contributed by atoms with Crippen LogP contribution in [-0.4, -0.2) is 56.4 Å². The predicted molar refractivity (Wildman–Crippen MR) is 104 cm³/mol. The van der Waals surface area contributed by atoms with E-state index >= 15 is 0 Å². The lowest BCUT2D eigenvalue weighted by molar-refractivity contribution is 0.171. The van der Waals surface area contributed by atoms with Gasteiger partial charge in [0.2, 0.25) is 10.0 Å². The molecule has 0 aliphatic carbocycles. The highest BCUT2D eigenvalue weighted by molar-refractivity contribution is 7.89. The van der Waals surface area contributed by atoms with E-state index in [4.69, 9.17) is 4.74 Å². The maximum Gasteiger partial charge on any atom is 0.240 e. The first-order valence-electron chi connectivity index (χ1n) is 9.40. The first kappa shape index (κ1) is 19.9. The van der Waals surface area contributed by atoms with Gasteiger partial charge >= 0.3 is 0 Å². The summed E-state index contributed by atoms with van der Waals surface area (Å²) >= 11 is 0. The van der Waals surface area contributed by atoms with Gasteiger partial charge in [-0.05, 0) is 68.6 Å². The molecule has 2 heterocycles. The van der Waals surface area contributed by atoms with Crippen LogP contribution < -0.4 is 9.46 Å². The Morgan fingerprint density at radius 1 is 1.26 bits per heavy atom. The molecule has 1 fully saturated rings. The molecule has 1 aliphatic rings. The van der Waals surface area contributed by atoms with Crippen LogP contribution in [-0.2, 0) is 16.6 Å². The minimum Gasteiger partial charge on any atom is -0.497 e. The molecule has 0 spiro atoms.